The summed E-state index contributed by atoms with van der Waals surface area (Å²) in [4.78, 5) is 16.2. The molecule has 1 atom stereocenters. The van der Waals surface area contributed by atoms with E-state index in [1.165, 1.54) is 0 Å². The predicted molar refractivity (Wildman–Crippen MR) is 78.4 cm³/mol. The lowest BCUT2D eigenvalue weighted by Gasteiger charge is -2.14. The maximum Gasteiger partial charge on any atom is 0.316 e. The van der Waals surface area contributed by atoms with E-state index >= 15 is 0 Å². The number of hydrogen-bond donors (Lipinski definition) is 0. The molecule has 1 heterocycles. The number of carbonyl (C=O) groups is 1. The number of halogens is 1. The van der Waals surface area contributed by atoms with Crippen LogP contribution in [-0.2, 0) is 9.53 Å². The zero-order valence-corrected chi connectivity index (χ0v) is 12.5. The lowest BCUT2D eigenvalue weighted by atomic mass is 10.1. The maximum atomic E-state index is 11.9. The minimum absolute atomic E-state index is 0.270. The fraction of sp³-hybridized carbons (Fsp3) is 0.333. The summed E-state index contributed by atoms with van der Waals surface area (Å²) >= 11 is 5.91. The van der Waals surface area contributed by atoms with E-state index in [0.717, 1.165) is 11.4 Å². The Labute approximate surface area is 123 Å². The van der Waals surface area contributed by atoms with Gasteiger partial charge >= 0.3 is 5.97 Å². The molecule has 4 nitrogen and oxygen atoms in total. The molecular formula is C15H17ClN2O2. The van der Waals surface area contributed by atoms with E-state index < -0.39 is 5.92 Å². The number of benzene rings is 1. The van der Waals surface area contributed by atoms with Gasteiger partial charge in [0.05, 0.1) is 6.61 Å². The third-order valence-corrected chi connectivity index (χ3v) is 3.33. The molecule has 0 spiro atoms. The van der Waals surface area contributed by atoms with Crippen molar-refractivity contribution in [2.75, 3.05) is 6.61 Å². The molecule has 1 aromatic carbocycles. The summed E-state index contributed by atoms with van der Waals surface area (Å²) in [6, 6.07) is 7.43. The largest absolute Gasteiger partial charge is 0.465 e. The third kappa shape index (κ3) is 2.85. The summed E-state index contributed by atoms with van der Waals surface area (Å²) in [6.07, 6.45) is 1.75. The fourth-order valence-electron chi connectivity index (χ4n) is 2.06. The van der Waals surface area contributed by atoms with E-state index in [1.807, 2.05) is 35.8 Å². The van der Waals surface area contributed by atoms with Gasteiger partial charge in [0.15, 0.2) is 0 Å². The van der Waals surface area contributed by atoms with E-state index in [9.17, 15) is 4.79 Å². The van der Waals surface area contributed by atoms with Gasteiger partial charge in [-0.05, 0) is 45.0 Å². The van der Waals surface area contributed by atoms with Crippen LogP contribution in [0.15, 0.2) is 30.5 Å². The highest BCUT2D eigenvalue weighted by Crippen LogP contribution is 2.23. The first kappa shape index (κ1) is 14.6. The number of esters is 1. The topological polar surface area (TPSA) is 44.1 Å². The Morgan fingerprint density at radius 1 is 1.40 bits per heavy atom. The Bertz CT molecular complexity index is 605. The van der Waals surface area contributed by atoms with E-state index in [-0.39, 0.29) is 5.97 Å². The number of imidazole rings is 1. The third-order valence-electron chi connectivity index (χ3n) is 3.08. The molecular weight excluding hydrogens is 276 g/mol. The molecule has 0 aliphatic rings. The lowest BCUT2D eigenvalue weighted by molar-refractivity contribution is -0.144. The lowest BCUT2D eigenvalue weighted by Crippen LogP contribution is -2.17. The van der Waals surface area contributed by atoms with Crippen molar-refractivity contribution in [3.63, 3.8) is 0 Å². The van der Waals surface area contributed by atoms with Crippen LogP contribution in [0.2, 0.25) is 5.02 Å². The summed E-state index contributed by atoms with van der Waals surface area (Å²) in [5, 5.41) is 0.673. The molecule has 0 saturated heterocycles. The average molecular weight is 293 g/mol. The molecule has 0 aliphatic heterocycles. The van der Waals surface area contributed by atoms with Crippen LogP contribution >= 0.6 is 11.6 Å². The molecule has 5 heteroatoms. The van der Waals surface area contributed by atoms with Crippen molar-refractivity contribution in [1.82, 2.24) is 9.55 Å². The maximum absolute atomic E-state index is 11.9. The molecule has 0 aliphatic carbocycles. The van der Waals surface area contributed by atoms with Gasteiger partial charge in [0, 0.05) is 22.6 Å². The first-order valence-electron chi connectivity index (χ1n) is 6.51. The minimum atomic E-state index is -0.417. The molecule has 2 rings (SSSR count). The van der Waals surface area contributed by atoms with Gasteiger partial charge in [-0.3, -0.25) is 4.79 Å². The molecule has 106 valence electrons. The van der Waals surface area contributed by atoms with Crippen molar-refractivity contribution >= 4 is 17.6 Å². The van der Waals surface area contributed by atoms with Gasteiger partial charge in [-0.15, -0.1) is 0 Å². The van der Waals surface area contributed by atoms with E-state index in [0.29, 0.717) is 17.5 Å². The average Bonchev–Trinajstić information content (AvgIpc) is 2.81. The molecule has 1 unspecified atom stereocenters. The van der Waals surface area contributed by atoms with Crippen LogP contribution in [0.5, 0.6) is 0 Å². The number of rotatable bonds is 4. The Hall–Kier alpha value is -1.81. The highest BCUT2D eigenvalue weighted by molar-refractivity contribution is 6.30. The van der Waals surface area contributed by atoms with Crippen LogP contribution in [0.4, 0.5) is 0 Å². The van der Waals surface area contributed by atoms with Gasteiger partial charge in [-0.2, -0.15) is 0 Å². The second-order valence-corrected chi connectivity index (χ2v) is 4.98. The SMILES string of the molecule is CCOC(=O)C(C)c1ncc(C)n1-c1ccc(Cl)cc1. The number of nitrogens with zero attached hydrogens (tertiary/aromatic N) is 2. The molecule has 1 aromatic heterocycles. The zero-order chi connectivity index (χ0) is 14.7. The highest BCUT2D eigenvalue weighted by atomic mass is 35.5. The zero-order valence-electron chi connectivity index (χ0n) is 11.8. The summed E-state index contributed by atoms with van der Waals surface area (Å²) < 4.78 is 7.01. The summed E-state index contributed by atoms with van der Waals surface area (Å²) in [6.45, 7) is 5.90. The normalized spacial score (nSPS) is 12.2. The van der Waals surface area contributed by atoms with Gasteiger partial charge in [-0.1, -0.05) is 11.6 Å². The van der Waals surface area contributed by atoms with Crippen molar-refractivity contribution in [3.8, 4) is 5.69 Å². The predicted octanol–water partition coefficient (Wildman–Crippen LogP) is 3.50. The second-order valence-electron chi connectivity index (χ2n) is 4.54. The highest BCUT2D eigenvalue weighted by Gasteiger charge is 2.23. The second kappa shape index (κ2) is 6.09. The van der Waals surface area contributed by atoms with Crippen molar-refractivity contribution in [2.45, 2.75) is 26.7 Å². The monoisotopic (exact) mass is 292 g/mol. The summed E-state index contributed by atoms with van der Waals surface area (Å²) in [7, 11) is 0. The Morgan fingerprint density at radius 3 is 2.65 bits per heavy atom. The molecule has 0 fully saturated rings. The van der Waals surface area contributed by atoms with Gasteiger partial charge in [0.1, 0.15) is 11.7 Å². The smallest absolute Gasteiger partial charge is 0.316 e. The van der Waals surface area contributed by atoms with Gasteiger partial charge in [0.25, 0.3) is 0 Å². The van der Waals surface area contributed by atoms with Crippen LogP contribution in [0, 0.1) is 6.92 Å². The molecule has 20 heavy (non-hydrogen) atoms. The molecule has 0 amide bonds. The first-order chi connectivity index (χ1) is 9.54. The molecule has 0 saturated carbocycles. The molecule has 0 radical (unpaired) electrons. The van der Waals surface area contributed by atoms with Gasteiger partial charge in [0.2, 0.25) is 0 Å². The van der Waals surface area contributed by atoms with E-state index in [4.69, 9.17) is 16.3 Å². The first-order valence-corrected chi connectivity index (χ1v) is 6.89. The molecule has 0 bridgehead atoms. The molecule has 2 aromatic rings. The number of aryl methyl sites for hydroxylation is 1. The van der Waals surface area contributed by atoms with Gasteiger partial charge in [-0.25, -0.2) is 4.98 Å². The van der Waals surface area contributed by atoms with Crippen molar-refractivity contribution in [2.24, 2.45) is 0 Å². The van der Waals surface area contributed by atoms with Crippen molar-refractivity contribution in [1.29, 1.82) is 0 Å². The van der Waals surface area contributed by atoms with E-state index in [2.05, 4.69) is 4.98 Å². The number of hydrogen-bond acceptors (Lipinski definition) is 3. The van der Waals surface area contributed by atoms with Crippen LogP contribution in [-0.4, -0.2) is 22.1 Å². The van der Waals surface area contributed by atoms with Crippen molar-refractivity contribution in [3.05, 3.63) is 47.0 Å². The minimum Gasteiger partial charge on any atom is -0.465 e. The number of aromatic nitrogens is 2. The van der Waals surface area contributed by atoms with Gasteiger partial charge < -0.3 is 9.30 Å². The summed E-state index contributed by atoms with van der Waals surface area (Å²) in [5.74, 6) is -0.0177. The Balaban J connectivity index is 2.41. The van der Waals surface area contributed by atoms with Crippen LogP contribution in [0.1, 0.15) is 31.3 Å². The summed E-state index contributed by atoms with van der Waals surface area (Å²) in [5.41, 5.74) is 1.88. The van der Waals surface area contributed by atoms with Crippen LogP contribution in [0.3, 0.4) is 0 Å². The van der Waals surface area contributed by atoms with Crippen molar-refractivity contribution < 1.29 is 9.53 Å². The number of ether oxygens (including phenoxy) is 1. The number of carbonyl (C=O) groups excluding carboxylic acids is 1. The Morgan fingerprint density at radius 2 is 2.05 bits per heavy atom. The molecule has 0 N–H and O–H groups in total. The quantitative estimate of drug-likeness (QED) is 0.810. The van der Waals surface area contributed by atoms with Crippen LogP contribution in [0.25, 0.3) is 5.69 Å². The fourth-order valence-corrected chi connectivity index (χ4v) is 2.19. The standard InChI is InChI=1S/C15H17ClN2O2/c1-4-20-15(19)11(3)14-17-9-10(2)18(14)13-7-5-12(16)6-8-13/h5-9,11H,4H2,1-3H3. The van der Waals surface area contributed by atoms with E-state index in [1.54, 1.807) is 20.0 Å². The Kier molecular flexibility index (Phi) is 4.45. The van der Waals surface area contributed by atoms with Crippen LogP contribution < -0.4 is 0 Å².